The van der Waals surface area contributed by atoms with Gasteiger partial charge in [-0.3, -0.25) is 4.79 Å². The van der Waals surface area contributed by atoms with Crippen molar-refractivity contribution >= 4 is 40.2 Å². The van der Waals surface area contributed by atoms with Crippen LogP contribution in [-0.4, -0.2) is 56.4 Å². The normalized spacial score (nSPS) is 20.4. The third kappa shape index (κ3) is 8.01. The lowest BCUT2D eigenvalue weighted by molar-refractivity contribution is -0.192. The first-order valence-corrected chi connectivity index (χ1v) is 12.5. The molecule has 1 aliphatic carbocycles. The standard InChI is InChI=1S/C21H26N6O2S.C2HF3O2/c1-13-7-18(26-21-23-10-17(9-22)30-21)25-20(24-13)27-11-15(8-16(12-27)19(28)29)14-5-3-2-4-6-14;3-2(4,5)1(6)7/h7,10,14-16H,2-6,8,11-12H2,1H3,(H,28,29)(H,23,24,25,26);(H,6,7)/t15-,16+;/m1./s1. The van der Waals surface area contributed by atoms with Crippen molar-refractivity contribution in [3.8, 4) is 6.07 Å². The molecule has 1 saturated carbocycles. The molecule has 0 unspecified atom stereocenters. The van der Waals surface area contributed by atoms with E-state index in [2.05, 4.69) is 26.3 Å². The van der Waals surface area contributed by atoms with E-state index in [0.717, 1.165) is 18.7 Å². The summed E-state index contributed by atoms with van der Waals surface area (Å²) < 4.78 is 31.7. The Morgan fingerprint density at radius 3 is 2.41 bits per heavy atom. The Morgan fingerprint density at radius 2 is 1.84 bits per heavy atom. The number of alkyl halides is 3. The number of aryl methyl sites for hydroxylation is 1. The number of hydrogen-bond donors (Lipinski definition) is 3. The Morgan fingerprint density at radius 1 is 1.16 bits per heavy atom. The molecule has 2 aromatic heterocycles. The number of aromatic nitrogens is 3. The molecule has 2 fully saturated rings. The van der Waals surface area contributed by atoms with Crippen molar-refractivity contribution in [3.63, 3.8) is 0 Å². The summed E-state index contributed by atoms with van der Waals surface area (Å²) in [4.78, 5) is 36.8. The Bertz CT molecular complexity index is 1150. The first-order valence-electron chi connectivity index (χ1n) is 11.7. The fourth-order valence-corrected chi connectivity index (χ4v) is 5.30. The van der Waals surface area contributed by atoms with Gasteiger partial charge in [0.15, 0.2) is 5.13 Å². The van der Waals surface area contributed by atoms with Crippen LogP contribution in [0.3, 0.4) is 0 Å². The maximum Gasteiger partial charge on any atom is 0.490 e. The molecule has 0 bridgehead atoms. The predicted octanol–water partition coefficient (Wildman–Crippen LogP) is 4.60. The molecule has 2 aliphatic rings. The minimum absolute atomic E-state index is 0.359. The van der Waals surface area contributed by atoms with Crippen molar-refractivity contribution in [2.45, 2.75) is 51.6 Å². The van der Waals surface area contributed by atoms with Crippen LogP contribution < -0.4 is 10.2 Å². The molecule has 14 heteroatoms. The first kappa shape index (κ1) is 28.1. The number of nitriles is 1. The Labute approximate surface area is 215 Å². The number of halogens is 3. The van der Waals surface area contributed by atoms with Crippen LogP contribution >= 0.6 is 11.3 Å². The number of anilines is 3. The summed E-state index contributed by atoms with van der Waals surface area (Å²) in [6, 6.07) is 3.91. The van der Waals surface area contributed by atoms with Gasteiger partial charge in [0.2, 0.25) is 5.95 Å². The highest BCUT2D eigenvalue weighted by Crippen LogP contribution is 2.37. The maximum absolute atomic E-state index is 11.9. The maximum atomic E-state index is 11.9. The number of hydrogen-bond acceptors (Lipinski definition) is 9. The number of rotatable bonds is 5. The number of carboxylic acids is 2. The van der Waals surface area contributed by atoms with E-state index in [9.17, 15) is 23.1 Å². The molecule has 1 saturated heterocycles. The average molecular weight is 541 g/mol. The molecule has 2 aromatic rings. The van der Waals surface area contributed by atoms with Crippen LogP contribution in [0.5, 0.6) is 0 Å². The molecular formula is C23H27F3N6O4S. The molecular weight excluding hydrogens is 513 g/mol. The van der Waals surface area contributed by atoms with Crippen molar-refractivity contribution in [2.75, 3.05) is 23.3 Å². The first-order chi connectivity index (χ1) is 17.5. The summed E-state index contributed by atoms with van der Waals surface area (Å²) in [6.07, 6.45) is 3.34. The minimum atomic E-state index is -5.08. The van der Waals surface area contributed by atoms with Gasteiger partial charge in [-0.05, 0) is 25.2 Å². The number of aliphatic carboxylic acids is 2. The number of thiazole rings is 1. The summed E-state index contributed by atoms with van der Waals surface area (Å²) in [6.45, 7) is 3.13. The van der Waals surface area contributed by atoms with Crippen LogP contribution in [0.15, 0.2) is 12.3 Å². The number of piperidine rings is 1. The van der Waals surface area contributed by atoms with Crippen LogP contribution in [-0.2, 0) is 9.59 Å². The molecule has 0 amide bonds. The molecule has 3 heterocycles. The fraction of sp³-hybridized carbons (Fsp3) is 0.565. The van der Waals surface area contributed by atoms with Gasteiger partial charge in [0, 0.05) is 24.8 Å². The smallest absolute Gasteiger partial charge is 0.481 e. The van der Waals surface area contributed by atoms with Crippen LogP contribution in [0.2, 0.25) is 0 Å². The summed E-state index contributed by atoms with van der Waals surface area (Å²) in [5, 5.41) is 29.6. The van der Waals surface area contributed by atoms with Crippen molar-refractivity contribution in [1.29, 1.82) is 5.26 Å². The van der Waals surface area contributed by atoms with Crippen molar-refractivity contribution in [1.82, 2.24) is 15.0 Å². The Hall–Kier alpha value is -3.47. The van der Waals surface area contributed by atoms with Gasteiger partial charge in [0.05, 0.1) is 12.1 Å². The lowest BCUT2D eigenvalue weighted by atomic mass is 9.74. The third-order valence-electron chi connectivity index (χ3n) is 6.37. The molecule has 0 radical (unpaired) electrons. The quantitative estimate of drug-likeness (QED) is 0.491. The number of carboxylic acid groups (broad SMARTS) is 2. The second-order valence-corrected chi connectivity index (χ2v) is 10.1. The summed E-state index contributed by atoms with van der Waals surface area (Å²) in [7, 11) is 0. The zero-order valence-electron chi connectivity index (χ0n) is 20.0. The topological polar surface area (TPSA) is 152 Å². The van der Waals surface area contributed by atoms with Gasteiger partial charge in [0.1, 0.15) is 16.8 Å². The van der Waals surface area contributed by atoms with Crippen molar-refractivity contribution < 1.29 is 33.0 Å². The molecule has 3 N–H and O–H groups in total. The van der Waals surface area contributed by atoms with Crippen LogP contribution in [0, 0.1) is 36.0 Å². The molecule has 0 aromatic carbocycles. The highest BCUT2D eigenvalue weighted by Gasteiger charge is 2.38. The predicted molar refractivity (Wildman–Crippen MR) is 129 cm³/mol. The SMILES string of the molecule is Cc1cc(Nc2ncc(C#N)s2)nc(N2C[C@@H](C(=O)O)C[C@@H](C3CCCCC3)C2)n1.O=C(O)C(F)(F)F. The van der Waals surface area contributed by atoms with E-state index in [1.807, 2.05) is 17.9 Å². The summed E-state index contributed by atoms with van der Waals surface area (Å²) >= 11 is 1.26. The third-order valence-corrected chi connectivity index (χ3v) is 7.18. The minimum Gasteiger partial charge on any atom is -0.481 e. The molecule has 4 rings (SSSR count). The van der Waals surface area contributed by atoms with Gasteiger partial charge < -0.3 is 20.4 Å². The monoisotopic (exact) mass is 540 g/mol. The zero-order chi connectivity index (χ0) is 27.2. The molecule has 1 aliphatic heterocycles. The van der Waals surface area contributed by atoms with E-state index in [4.69, 9.17) is 15.2 Å². The van der Waals surface area contributed by atoms with E-state index in [0.29, 0.717) is 40.2 Å². The van der Waals surface area contributed by atoms with Crippen molar-refractivity contribution in [3.05, 3.63) is 22.8 Å². The van der Waals surface area contributed by atoms with Crippen LogP contribution in [0.4, 0.5) is 30.1 Å². The van der Waals surface area contributed by atoms with E-state index < -0.39 is 24.0 Å². The molecule has 37 heavy (non-hydrogen) atoms. The van der Waals surface area contributed by atoms with Gasteiger partial charge in [-0.25, -0.2) is 14.8 Å². The Balaban J connectivity index is 0.000000479. The molecule has 10 nitrogen and oxygen atoms in total. The average Bonchev–Trinajstić information content (AvgIpc) is 3.31. The van der Waals surface area contributed by atoms with E-state index in [1.165, 1.54) is 49.6 Å². The second kappa shape index (κ2) is 12.2. The molecule has 2 atom stereocenters. The van der Waals surface area contributed by atoms with Gasteiger partial charge >= 0.3 is 18.1 Å². The van der Waals surface area contributed by atoms with E-state index in [1.54, 1.807) is 0 Å². The molecule has 0 spiro atoms. The lowest BCUT2D eigenvalue weighted by Gasteiger charge is -2.41. The van der Waals surface area contributed by atoms with E-state index in [-0.39, 0.29) is 0 Å². The number of nitrogens with zero attached hydrogens (tertiary/aromatic N) is 5. The lowest BCUT2D eigenvalue weighted by Crippen LogP contribution is -2.46. The van der Waals surface area contributed by atoms with Gasteiger partial charge in [0.25, 0.3) is 0 Å². The van der Waals surface area contributed by atoms with Gasteiger partial charge in [-0.15, -0.1) is 0 Å². The number of carbonyl (C=O) groups is 2. The van der Waals surface area contributed by atoms with Crippen LogP contribution in [0.25, 0.3) is 0 Å². The zero-order valence-corrected chi connectivity index (χ0v) is 20.8. The second-order valence-electron chi connectivity index (χ2n) is 9.10. The largest absolute Gasteiger partial charge is 0.490 e. The van der Waals surface area contributed by atoms with Gasteiger partial charge in [-0.2, -0.15) is 23.4 Å². The van der Waals surface area contributed by atoms with E-state index >= 15 is 0 Å². The molecule has 200 valence electrons. The van der Waals surface area contributed by atoms with Crippen molar-refractivity contribution in [2.24, 2.45) is 17.8 Å². The van der Waals surface area contributed by atoms with Crippen LogP contribution in [0.1, 0.15) is 49.1 Å². The summed E-state index contributed by atoms with van der Waals surface area (Å²) in [5.74, 6) is -1.79. The van der Waals surface area contributed by atoms with Gasteiger partial charge in [-0.1, -0.05) is 43.4 Å². The highest BCUT2D eigenvalue weighted by molar-refractivity contribution is 7.16. The Kier molecular flexibility index (Phi) is 9.25. The highest BCUT2D eigenvalue weighted by atomic mass is 32.1. The number of nitrogens with one attached hydrogen (secondary N) is 1. The summed E-state index contributed by atoms with van der Waals surface area (Å²) in [5.41, 5.74) is 0.797. The fourth-order valence-electron chi connectivity index (χ4n) is 4.68.